The van der Waals surface area contributed by atoms with E-state index in [0.717, 1.165) is 5.52 Å². The molecule has 0 fully saturated rings. The number of hydrogen-bond acceptors (Lipinski definition) is 4. The van der Waals surface area contributed by atoms with Crippen LogP contribution in [-0.2, 0) is 11.3 Å². The van der Waals surface area contributed by atoms with E-state index in [9.17, 15) is 4.79 Å². The number of aryl methyl sites for hydroxylation is 1. The Morgan fingerprint density at radius 1 is 1.56 bits per heavy atom. The van der Waals surface area contributed by atoms with Gasteiger partial charge in [-0.15, -0.1) is 0 Å². The molecule has 0 unspecified atom stereocenters. The van der Waals surface area contributed by atoms with E-state index >= 15 is 0 Å². The molecule has 0 amide bonds. The van der Waals surface area contributed by atoms with Gasteiger partial charge in [0.2, 0.25) is 5.95 Å². The van der Waals surface area contributed by atoms with Gasteiger partial charge in [-0.1, -0.05) is 6.07 Å². The molecule has 2 rings (SSSR count). The van der Waals surface area contributed by atoms with E-state index in [0.29, 0.717) is 23.6 Å². The number of nitrogen functional groups attached to an aromatic ring is 1. The van der Waals surface area contributed by atoms with Gasteiger partial charge < -0.3 is 15.0 Å². The van der Waals surface area contributed by atoms with Crippen LogP contribution < -0.4 is 5.73 Å². The summed E-state index contributed by atoms with van der Waals surface area (Å²) in [6.07, 6.45) is 0. The fraction of sp³-hybridized carbons (Fsp3) is 0.273. The maximum absolute atomic E-state index is 11.5. The number of carbonyl (C=O) groups excluding carboxylic acids is 1. The van der Waals surface area contributed by atoms with Crippen LogP contribution in [0.15, 0.2) is 18.2 Å². The maximum atomic E-state index is 11.5. The van der Waals surface area contributed by atoms with Gasteiger partial charge in [-0.3, -0.25) is 0 Å². The zero-order chi connectivity index (χ0) is 11.7. The highest BCUT2D eigenvalue weighted by Gasteiger charge is 2.15. The van der Waals surface area contributed by atoms with E-state index in [1.807, 2.05) is 17.6 Å². The first-order chi connectivity index (χ1) is 7.69. The third-order valence-corrected chi connectivity index (χ3v) is 2.53. The minimum atomic E-state index is -0.397. The third-order valence-electron chi connectivity index (χ3n) is 2.53. The van der Waals surface area contributed by atoms with E-state index in [1.165, 1.54) is 7.11 Å². The number of esters is 1. The second kappa shape index (κ2) is 3.84. The third kappa shape index (κ3) is 1.41. The van der Waals surface area contributed by atoms with Crippen LogP contribution in [-0.4, -0.2) is 22.6 Å². The van der Waals surface area contributed by atoms with Crippen molar-refractivity contribution in [2.75, 3.05) is 12.8 Å². The van der Waals surface area contributed by atoms with Crippen LogP contribution in [0.4, 0.5) is 5.95 Å². The molecule has 1 heterocycles. The lowest BCUT2D eigenvalue weighted by Gasteiger charge is -2.02. The van der Waals surface area contributed by atoms with Crippen LogP contribution >= 0.6 is 0 Å². The normalized spacial score (nSPS) is 10.6. The SMILES string of the molecule is CCn1c(N)nc2c(C(=O)OC)cccc21. The van der Waals surface area contributed by atoms with Crippen LogP contribution in [0.2, 0.25) is 0 Å². The van der Waals surface area contributed by atoms with E-state index in [1.54, 1.807) is 12.1 Å². The Bertz CT molecular complexity index is 545. The number of hydrogen-bond donors (Lipinski definition) is 1. The summed E-state index contributed by atoms with van der Waals surface area (Å²) in [5.41, 5.74) is 7.66. The lowest BCUT2D eigenvalue weighted by atomic mass is 10.2. The van der Waals surface area contributed by atoms with Gasteiger partial charge in [0.1, 0.15) is 5.52 Å². The molecular formula is C11H13N3O2. The largest absolute Gasteiger partial charge is 0.465 e. The maximum Gasteiger partial charge on any atom is 0.340 e. The number of carbonyl (C=O) groups is 1. The number of nitrogens with zero attached hydrogens (tertiary/aromatic N) is 2. The van der Waals surface area contributed by atoms with E-state index in [4.69, 9.17) is 10.5 Å². The summed E-state index contributed by atoms with van der Waals surface area (Å²) in [7, 11) is 1.35. The van der Waals surface area contributed by atoms with Crippen molar-refractivity contribution in [2.45, 2.75) is 13.5 Å². The molecule has 1 aromatic heterocycles. The van der Waals surface area contributed by atoms with Gasteiger partial charge in [0.25, 0.3) is 0 Å². The quantitative estimate of drug-likeness (QED) is 0.775. The summed E-state index contributed by atoms with van der Waals surface area (Å²) in [4.78, 5) is 15.7. The molecule has 5 heteroatoms. The predicted octanol–water partition coefficient (Wildman–Crippen LogP) is 1.43. The van der Waals surface area contributed by atoms with Crippen molar-refractivity contribution in [3.05, 3.63) is 23.8 Å². The minimum Gasteiger partial charge on any atom is -0.465 e. The van der Waals surface area contributed by atoms with Crippen molar-refractivity contribution in [3.63, 3.8) is 0 Å². The molecule has 0 aliphatic carbocycles. The van der Waals surface area contributed by atoms with Crippen molar-refractivity contribution in [1.82, 2.24) is 9.55 Å². The Labute approximate surface area is 92.8 Å². The Morgan fingerprint density at radius 2 is 2.31 bits per heavy atom. The van der Waals surface area contributed by atoms with Gasteiger partial charge in [0.05, 0.1) is 18.2 Å². The number of methoxy groups -OCH3 is 1. The van der Waals surface area contributed by atoms with Gasteiger partial charge in [-0.05, 0) is 19.1 Å². The summed E-state index contributed by atoms with van der Waals surface area (Å²) in [6, 6.07) is 5.36. The van der Waals surface area contributed by atoms with Crippen LogP contribution in [0.1, 0.15) is 17.3 Å². The molecule has 84 valence electrons. The number of aromatic nitrogens is 2. The molecule has 5 nitrogen and oxygen atoms in total. The smallest absolute Gasteiger partial charge is 0.340 e. The number of para-hydroxylation sites is 1. The Balaban J connectivity index is 2.74. The number of nitrogens with two attached hydrogens (primary N) is 1. The molecule has 0 atom stereocenters. The number of benzene rings is 1. The minimum absolute atomic E-state index is 0.397. The lowest BCUT2D eigenvalue weighted by molar-refractivity contribution is 0.0603. The van der Waals surface area contributed by atoms with Gasteiger partial charge in [-0.25, -0.2) is 9.78 Å². The van der Waals surface area contributed by atoms with Crippen LogP contribution in [0.5, 0.6) is 0 Å². The molecule has 2 N–H and O–H groups in total. The fourth-order valence-electron chi connectivity index (χ4n) is 1.77. The molecule has 0 aliphatic heterocycles. The summed E-state index contributed by atoms with van der Waals surface area (Å²) < 4.78 is 6.55. The molecule has 16 heavy (non-hydrogen) atoms. The monoisotopic (exact) mass is 219 g/mol. The first-order valence-electron chi connectivity index (χ1n) is 5.02. The van der Waals surface area contributed by atoms with Crippen molar-refractivity contribution in [1.29, 1.82) is 0 Å². The predicted molar refractivity (Wildman–Crippen MR) is 61.2 cm³/mol. The van der Waals surface area contributed by atoms with Gasteiger partial charge >= 0.3 is 5.97 Å². The van der Waals surface area contributed by atoms with Gasteiger partial charge in [0.15, 0.2) is 0 Å². The van der Waals surface area contributed by atoms with Crippen molar-refractivity contribution < 1.29 is 9.53 Å². The first-order valence-corrected chi connectivity index (χ1v) is 5.02. The van der Waals surface area contributed by atoms with Crippen LogP contribution in [0.25, 0.3) is 11.0 Å². The topological polar surface area (TPSA) is 70.1 Å². The summed E-state index contributed by atoms with van der Waals surface area (Å²) >= 11 is 0. The van der Waals surface area contributed by atoms with E-state index in [2.05, 4.69) is 4.98 Å². The molecule has 0 radical (unpaired) electrons. The fourth-order valence-corrected chi connectivity index (χ4v) is 1.77. The molecule has 0 spiro atoms. The molecule has 0 saturated carbocycles. The zero-order valence-electron chi connectivity index (χ0n) is 9.23. The van der Waals surface area contributed by atoms with E-state index in [-0.39, 0.29) is 0 Å². The molecule has 1 aromatic carbocycles. The highest BCUT2D eigenvalue weighted by atomic mass is 16.5. The second-order valence-corrected chi connectivity index (χ2v) is 3.38. The molecule has 0 aliphatic rings. The summed E-state index contributed by atoms with van der Waals surface area (Å²) in [5.74, 6) is 0.0141. The van der Waals surface area contributed by atoms with Crippen molar-refractivity contribution in [3.8, 4) is 0 Å². The van der Waals surface area contributed by atoms with Gasteiger partial charge in [0, 0.05) is 6.54 Å². The highest BCUT2D eigenvalue weighted by molar-refractivity contribution is 6.02. The number of imidazole rings is 1. The highest BCUT2D eigenvalue weighted by Crippen LogP contribution is 2.21. The van der Waals surface area contributed by atoms with E-state index < -0.39 is 5.97 Å². The Hall–Kier alpha value is -2.04. The number of rotatable bonds is 2. The first kappa shape index (κ1) is 10.5. The standard InChI is InChI=1S/C11H13N3O2/c1-3-14-8-6-4-5-7(10(15)16-2)9(8)13-11(14)12/h4-6H,3H2,1-2H3,(H2,12,13). The number of anilines is 1. The Morgan fingerprint density at radius 3 is 2.94 bits per heavy atom. The second-order valence-electron chi connectivity index (χ2n) is 3.38. The molecular weight excluding hydrogens is 206 g/mol. The average molecular weight is 219 g/mol. The van der Waals surface area contributed by atoms with Crippen molar-refractivity contribution in [2.24, 2.45) is 0 Å². The lowest BCUT2D eigenvalue weighted by Crippen LogP contribution is -2.02. The average Bonchev–Trinajstić information content (AvgIpc) is 2.63. The summed E-state index contributed by atoms with van der Waals surface area (Å²) in [6.45, 7) is 2.69. The number of fused-ring (bicyclic) bond motifs is 1. The Kier molecular flexibility index (Phi) is 2.52. The molecule has 0 bridgehead atoms. The zero-order valence-corrected chi connectivity index (χ0v) is 9.23. The number of ether oxygens (including phenoxy) is 1. The van der Waals surface area contributed by atoms with Gasteiger partial charge in [-0.2, -0.15) is 0 Å². The van der Waals surface area contributed by atoms with Crippen LogP contribution in [0.3, 0.4) is 0 Å². The summed E-state index contributed by atoms with van der Waals surface area (Å²) in [5, 5.41) is 0. The van der Waals surface area contributed by atoms with Crippen molar-refractivity contribution >= 4 is 23.0 Å². The molecule has 2 aromatic rings. The molecule has 0 saturated heterocycles. The van der Waals surface area contributed by atoms with Crippen LogP contribution in [0, 0.1) is 0 Å².